The molecule has 0 aliphatic carbocycles. The molecule has 2 fully saturated rings. The summed E-state index contributed by atoms with van der Waals surface area (Å²) in [6.45, 7) is 5.59. The molecule has 184 valence electrons. The number of carbonyl (C=O) groups excluding carboxylic acids is 1. The molecule has 0 radical (unpaired) electrons. The Hall–Kier alpha value is -3.36. The number of hydrogen-bond donors (Lipinski definition) is 0. The van der Waals surface area contributed by atoms with Crippen LogP contribution in [0.2, 0.25) is 0 Å². The van der Waals surface area contributed by atoms with Gasteiger partial charge in [0, 0.05) is 50.1 Å². The second-order valence-corrected chi connectivity index (χ2v) is 10.8. The van der Waals surface area contributed by atoms with Crippen molar-refractivity contribution in [3.05, 3.63) is 71.6 Å². The Morgan fingerprint density at radius 2 is 1.69 bits per heavy atom. The Bertz CT molecular complexity index is 1360. The van der Waals surface area contributed by atoms with Gasteiger partial charge in [0.2, 0.25) is 0 Å². The number of likely N-dealkylation sites (tertiary alicyclic amines) is 1. The average molecular weight is 499 g/mol. The third kappa shape index (κ3) is 4.58. The number of piperazine rings is 1. The number of benzene rings is 1. The summed E-state index contributed by atoms with van der Waals surface area (Å²) in [6, 6.07) is 16.4. The highest BCUT2D eigenvalue weighted by molar-refractivity contribution is 7.17. The molecule has 0 N–H and O–H groups in total. The van der Waals surface area contributed by atoms with Crippen LogP contribution in [-0.4, -0.2) is 77.0 Å². The predicted molar refractivity (Wildman–Crippen MR) is 145 cm³/mol. The van der Waals surface area contributed by atoms with Crippen molar-refractivity contribution in [1.29, 1.82) is 0 Å². The maximum Gasteiger partial charge on any atom is 0.263 e. The number of anilines is 1. The summed E-state index contributed by atoms with van der Waals surface area (Å²) in [7, 11) is 2.16. The number of aromatic nitrogens is 3. The number of nitrogens with zero attached hydrogens (tertiary/aromatic N) is 6. The molecular formula is C28H30N6OS. The largest absolute Gasteiger partial charge is 0.368 e. The van der Waals surface area contributed by atoms with Crippen LogP contribution < -0.4 is 4.90 Å². The van der Waals surface area contributed by atoms with Crippen molar-refractivity contribution in [2.45, 2.75) is 18.8 Å². The molecule has 0 spiro atoms. The fourth-order valence-corrected chi connectivity index (χ4v) is 6.19. The number of thiophene rings is 1. The first-order valence-corrected chi connectivity index (χ1v) is 13.5. The van der Waals surface area contributed by atoms with Gasteiger partial charge in [-0.05, 0) is 43.7 Å². The van der Waals surface area contributed by atoms with E-state index in [0.717, 1.165) is 89.8 Å². The minimum absolute atomic E-state index is 0.128. The summed E-state index contributed by atoms with van der Waals surface area (Å²) >= 11 is 1.57. The van der Waals surface area contributed by atoms with Gasteiger partial charge in [-0.1, -0.05) is 30.3 Å². The Morgan fingerprint density at radius 3 is 2.47 bits per heavy atom. The SMILES string of the molecule is CN1CCN(c2cnc3c(C4CCN(C(=O)c5ccc(-c6ccccc6)s5)CC4)ncnc3c2)CC1. The number of fused-ring (bicyclic) bond motifs is 1. The molecule has 0 bridgehead atoms. The van der Waals surface area contributed by atoms with Gasteiger partial charge in [0.25, 0.3) is 5.91 Å². The van der Waals surface area contributed by atoms with E-state index < -0.39 is 0 Å². The molecule has 6 rings (SSSR count). The zero-order chi connectivity index (χ0) is 24.5. The Balaban J connectivity index is 1.14. The predicted octanol–water partition coefficient (Wildman–Crippen LogP) is 4.52. The third-order valence-electron chi connectivity index (χ3n) is 7.40. The fourth-order valence-electron chi connectivity index (χ4n) is 5.21. The lowest BCUT2D eigenvalue weighted by atomic mass is 9.92. The molecule has 7 nitrogen and oxygen atoms in total. The van der Waals surface area contributed by atoms with Crippen LogP contribution in [0.25, 0.3) is 21.5 Å². The van der Waals surface area contributed by atoms with E-state index in [2.05, 4.69) is 51.1 Å². The lowest BCUT2D eigenvalue weighted by Gasteiger charge is -2.34. The van der Waals surface area contributed by atoms with Crippen molar-refractivity contribution in [1.82, 2.24) is 24.8 Å². The van der Waals surface area contributed by atoms with Crippen molar-refractivity contribution in [3.63, 3.8) is 0 Å². The highest BCUT2D eigenvalue weighted by Crippen LogP contribution is 2.33. The maximum atomic E-state index is 13.2. The quantitative estimate of drug-likeness (QED) is 0.412. The van der Waals surface area contributed by atoms with Crippen LogP contribution in [0.3, 0.4) is 0 Å². The van der Waals surface area contributed by atoms with Crippen LogP contribution in [0.15, 0.2) is 61.1 Å². The Labute approximate surface area is 215 Å². The Morgan fingerprint density at radius 1 is 0.917 bits per heavy atom. The van der Waals surface area contributed by atoms with E-state index in [1.807, 2.05) is 35.4 Å². The zero-order valence-corrected chi connectivity index (χ0v) is 21.3. The standard InChI is InChI=1S/C28H30N6OS/c1-32-13-15-33(16-14-32)22-17-23-27(29-18-22)26(31-19-30-23)21-9-11-34(12-10-21)28(35)25-8-7-24(36-25)20-5-3-2-4-6-20/h2-8,17-19,21H,9-16H2,1H3. The topological polar surface area (TPSA) is 65.5 Å². The van der Waals surface area contributed by atoms with Crippen LogP contribution in [0.1, 0.15) is 34.1 Å². The first-order chi connectivity index (χ1) is 17.7. The molecule has 0 saturated carbocycles. The van der Waals surface area contributed by atoms with Gasteiger partial charge in [0.15, 0.2) is 0 Å². The van der Waals surface area contributed by atoms with Crippen LogP contribution >= 0.6 is 11.3 Å². The lowest BCUT2D eigenvalue weighted by molar-refractivity contribution is 0.0717. The zero-order valence-electron chi connectivity index (χ0n) is 20.5. The smallest absolute Gasteiger partial charge is 0.263 e. The van der Waals surface area contributed by atoms with E-state index in [-0.39, 0.29) is 11.8 Å². The van der Waals surface area contributed by atoms with E-state index in [0.29, 0.717) is 0 Å². The summed E-state index contributed by atoms with van der Waals surface area (Å²) in [6.07, 6.45) is 5.41. The van der Waals surface area contributed by atoms with Crippen molar-refractivity contribution in [2.24, 2.45) is 0 Å². The molecule has 1 aromatic carbocycles. The molecule has 8 heteroatoms. The normalized spacial score (nSPS) is 17.6. The lowest BCUT2D eigenvalue weighted by Crippen LogP contribution is -2.44. The van der Waals surface area contributed by atoms with Gasteiger partial charge in [-0.3, -0.25) is 9.78 Å². The van der Waals surface area contributed by atoms with E-state index in [9.17, 15) is 4.79 Å². The van der Waals surface area contributed by atoms with E-state index in [1.54, 1.807) is 17.7 Å². The molecule has 0 atom stereocenters. The second kappa shape index (κ2) is 9.95. The van der Waals surface area contributed by atoms with Crippen molar-refractivity contribution < 1.29 is 4.79 Å². The second-order valence-electron chi connectivity index (χ2n) is 9.71. The maximum absolute atomic E-state index is 13.2. The summed E-state index contributed by atoms with van der Waals surface area (Å²) < 4.78 is 0. The number of piperidine rings is 1. The first kappa shape index (κ1) is 23.1. The minimum atomic E-state index is 0.128. The average Bonchev–Trinajstić information content (AvgIpc) is 3.44. The van der Waals surface area contributed by atoms with Crippen molar-refractivity contribution in [2.75, 3.05) is 51.2 Å². The third-order valence-corrected chi connectivity index (χ3v) is 8.52. The molecule has 4 aromatic rings. The van der Waals surface area contributed by atoms with Gasteiger partial charge in [-0.25, -0.2) is 9.97 Å². The molecule has 3 aromatic heterocycles. The molecule has 0 unspecified atom stereocenters. The van der Waals surface area contributed by atoms with Gasteiger partial charge in [-0.2, -0.15) is 0 Å². The summed E-state index contributed by atoms with van der Waals surface area (Å²) in [5, 5.41) is 0. The minimum Gasteiger partial charge on any atom is -0.368 e. The van der Waals surface area contributed by atoms with Crippen LogP contribution in [-0.2, 0) is 0 Å². The molecule has 1 amide bonds. The number of amides is 1. The number of likely N-dealkylation sites (N-methyl/N-ethyl adjacent to an activating group) is 1. The summed E-state index contributed by atoms with van der Waals surface area (Å²) in [5.41, 5.74) is 5.10. The number of rotatable bonds is 4. The molecule has 36 heavy (non-hydrogen) atoms. The number of hydrogen-bond acceptors (Lipinski definition) is 7. The molecule has 2 aliphatic heterocycles. The van der Waals surface area contributed by atoms with Gasteiger partial charge < -0.3 is 14.7 Å². The number of pyridine rings is 1. The highest BCUT2D eigenvalue weighted by Gasteiger charge is 2.28. The van der Waals surface area contributed by atoms with Crippen molar-refractivity contribution >= 4 is 34.0 Å². The van der Waals surface area contributed by atoms with Gasteiger partial charge in [0.05, 0.1) is 28.0 Å². The van der Waals surface area contributed by atoms with Gasteiger partial charge >= 0.3 is 0 Å². The van der Waals surface area contributed by atoms with Gasteiger partial charge in [-0.15, -0.1) is 11.3 Å². The first-order valence-electron chi connectivity index (χ1n) is 12.6. The molecule has 2 saturated heterocycles. The summed E-state index contributed by atoms with van der Waals surface area (Å²) in [4.78, 5) is 35.9. The van der Waals surface area contributed by atoms with Gasteiger partial charge in [0.1, 0.15) is 11.8 Å². The van der Waals surface area contributed by atoms with Crippen molar-refractivity contribution in [3.8, 4) is 10.4 Å². The van der Waals surface area contributed by atoms with E-state index in [4.69, 9.17) is 4.98 Å². The highest BCUT2D eigenvalue weighted by atomic mass is 32.1. The van der Waals surface area contributed by atoms with E-state index in [1.165, 1.54) is 0 Å². The summed E-state index contributed by atoms with van der Waals surface area (Å²) in [5.74, 6) is 0.410. The monoisotopic (exact) mass is 498 g/mol. The molecule has 5 heterocycles. The van der Waals surface area contributed by atoms with Crippen LogP contribution in [0.4, 0.5) is 5.69 Å². The van der Waals surface area contributed by atoms with E-state index >= 15 is 0 Å². The molecule has 2 aliphatic rings. The molecular weight excluding hydrogens is 468 g/mol. The van der Waals surface area contributed by atoms with Crippen LogP contribution in [0, 0.1) is 0 Å². The number of carbonyl (C=O) groups is 1. The van der Waals surface area contributed by atoms with Crippen LogP contribution in [0.5, 0.6) is 0 Å². The Kier molecular flexibility index (Phi) is 6.37. The fraction of sp³-hybridized carbons (Fsp3) is 0.357.